The molecule has 1 heterocycles. The molecule has 124 valence electrons. The molecule has 1 aromatic carbocycles. The van der Waals surface area contributed by atoms with Crippen molar-refractivity contribution in [2.45, 2.75) is 13.8 Å². The van der Waals surface area contributed by atoms with E-state index >= 15 is 0 Å². The number of hydrogen-bond acceptors (Lipinski definition) is 8. The first kappa shape index (κ1) is 20.2. The van der Waals surface area contributed by atoms with Gasteiger partial charge in [-0.05, 0) is 43.6 Å². The van der Waals surface area contributed by atoms with Gasteiger partial charge in [-0.3, -0.25) is 0 Å². The second-order valence-electron chi connectivity index (χ2n) is 4.16. The van der Waals surface area contributed by atoms with Crippen LogP contribution < -0.4 is 22.1 Å². The highest BCUT2D eigenvalue weighted by molar-refractivity contribution is 7.10. The molecular weight excluding hydrogens is 312 g/mol. The van der Waals surface area contributed by atoms with E-state index in [0.717, 1.165) is 40.6 Å². The highest BCUT2D eigenvalue weighted by Gasteiger charge is 2.04. The lowest BCUT2D eigenvalue weighted by molar-refractivity contribution is -0.106. The maximum Gasteiger partial charge on any atom is 0.125 e. The van der Waals surface area contributed by atoms with E-state index in [0.29, 0.717) is 10.6 Å². The number of nitrogens with two attached hydrogens (primary N) is 2. The second kappa shape index (κ2) is 10.9. The summed E-state index contributed by atoms with van der Waals surface area (Å²) in [6, 6.07) is 7.75. The van der Waals surface area contributed by atoms with E-state index in [2.05, 4.69) is 15.0 Å². The van der Waals surface area contributed by atoms with Gasteiger partial charge in [-0.15, -0.1) is 0 Å². The number of nitrogens with one attached hydrogen (secondary N) is 2. The number of aromatic nitrogens is 1. The maximum absolute atomic E-state index is 8.81. The number of rotatable bonds is 2. The summed E-state index contributed by atoms with van der Waals surface area (Å²) in [4.78, 5) is 8.81. The first-order chi connectivity index (χ1) is 10.9. The number of nitrogen functional groups attached to an aromatic ring is 2. The van der Waals surface area contributed by atoms with Crippen molar-refractivity contribution in [1.82, 2.24) is 4.37 Å². The van der Waals surface area contributed by atoms with Crippen molar-refractivity contribution in [3.63, 3.8) is 0 Å². The van der Waals surface area contributed by atoms with Crippen LogP contribution in [0.5, 0.6) is 0 Å². The molecule has 0 unspecified atom stereocenters. The molecule has 7 nitrogen and oxygen atoms in total. The van der Waals surface area contributed by atoms with Gasteiger partial charge in [-0.1, -0.05) is 0 Å². The fourth-order valence-corrected chi connectivity index (χ4v) is 2.06. The van der Waals surface area contributed by atoms with Crippen molar-refractivity contribution in [1.29, 1.82) is 5.26 Å². The number of nitrogens with zero attached hydrogens (tertiary/aromatic N) is 2. The highest BCUT2D eigenvalue weighted by Crippen LogP contribution is 2.21. The number of aldehydes is 1. The standard InChI is InChI=1S/C8H13N3.C5H5N3S.C2H4O/c1-10-6-3-4-7(9)8(5-6)11-2;1-3-4(2-6)5(7)9-8-3;1-2-3/h3-5,10-11H,9H2,1-2H3;7H2,1H3;2H,1H3. The van der Waals surface area contributed by atoms with E-state index in [1.54, 1.807) is 6.92 Å². The van der Waals surface area contributed by atoms with Crippen LogP contribution in [-0.2, 0) is 4.79 Å². The zero-order chi connectivity index (χ0) is 17.8. The average molecular weight is 334 g/mol. The van der Waals surface area contributed by atoms with Crippen LogP contribution in [0.4, 0.5) is 22.1 Å². The lowest BCUT2D eigenvalue weighted by Gasteiger charge is -2.06. The van der Waals surface area contributed by atoms with Gasteiger partial charge in [0.25, 0.3) is 0 Å². The van der Waals surface area contributed by atoms with Crippen LogP contribution in [0.15, 0.2) is 18.2 Å². The Bertz CT molecular complexity index is 643. The van der Waals surface area contributed by atoms with Gasteiger partial charge in [0.05, 0.1) is 17.1 Å². The van der Waals surface area contributed by atoms with Gasteiger partial charge in [-0.2, -0.15) is 9.64 Å². The van der Waals surface area contributed by atoms with E-state index < -0.39 is 0 Å². The molecule has 0 aliphatic carbocycles. The third-order valence-corrected chi connectivity index (χ3v) is 3.38. The minimum Gasteiger partial charge on any atom is -0.397 e. The number of aryl methyl sites for hydroxylation is 1. The summed E-state index contributed by atoms with van der Waals surface area (Å²) in [6.45, 7) is 3.21. The Labute approximate surface area is 140 Å². The highest BCUT2D eigenvalue weighted by atomic mass is 32.1. The predicted molar refractivity (Wildman–Crippen MR) is 97.7 cm³/mol. The van der Waals surface area contributed by atoms with Crippen LogP contribution in [-0.4, -0.2) is 24.8 Å². The van der Waals surface area contributed by atoms with Crippen LogP contribution in [0, 0.1) is 18.3 Å². The molecule has 23 heavy (non-hydrogen) atoms. The fraction of sp³-hybridized carbons (Fsp3) is 0.267. The molecule has 0 fully saturated rings. The molecule has 0 saturated carbocycles. The molecule has 2 rings (SSSR count). The number of anilines is 4. The van der Waals surface area contributed by atoms with E-state index in [1.807, 2.05) is 38.4 Å². The lowest BCUT2D eigenvalue weighted by atomic mass is 10.2. The fourth-order valence-electron chi connectivity index (χ4n) is 1.45. The van der Waals surface area contributed by atoms with Crippen molar-refractivity contribution < 1.29 is 4.79 Å². The van der Waals surface area contributed by atoms with Crippen molar-refractivity contribution in [2.24, 2.45) is 0 Å². The quantitative estimate of drug-likeness (QED) is 0.490. The lowest BCUT2D eigenvalue weighted by Crippen LogP contribution is -1.97. The Balaban J connectivity index is 0.000000365. The summed E-state index contributed by atoms with van der Waals surface area (Å²) in [5.41, 5.74) is 15.1. The van der Waals surface area contributed by atoms with Gasteiger partial charge in [-0.25, -0.2) is 0 Å². The Morgan fingerprint density at radius 2 is 1.91 bits per heavy atom. The van der Waals surface area contributed by atoms with Gasteiger partial charge in [0, 0.05) is 19.8 Å². The number of carbonyl (C=O) groups excluding carboxylic acids is 1. The van der Waals surface area contributed by atoms with Gasteiger partial charge >= 0.3 is 0 Å². The Hall–Kier alpha value is -2.79. The Morgan fingerprint density at radius 1 is 1.30 bits per heavy atom. The average Bonchev–Trinajstić information content (AvgIpc) is 2.87. The third kappa shape index (κ3) is 6.67. The molecule has 0 saturated heterocycles. The van der Waals surface area contributed by atoms with Crippen molar-refractivity contribution in [2.75, 3.05) is 36.2 Å². The summed E-state index contributed by atoms with van der Waals surface area (Å²) >= 11 is 1.16. The van der Waals surface area contributed by atoms with E-state index in [4.69, 9.17) is 21.5 Å². The van der Waals surface area contributed by atoms with E-state index in [9.17, 15) is 0 Å². The molecule has 0 amide bonds. The van der Waals surface area contributed by atoms with Crippen LogP contribution in [0.1, 0.15) is 18.2 Å². The molecule has 0 spiro atoms. The molecule has 0 aliphatic rings. The topological polar surface area (TPSA) is 130 Å². The van der Waals surface area contributed by atoms with Crippen molar-refractivity contribution in [3.8, 4) is 6.07 Å². The summed E-state index contributed by atoms with van der Waals surface area (Å²) in [5.74, 6) is 0. The third-order valence-electron chi connectivity index (χ3n) is 2.61. The molecule has 0 bridgehead atoms. The first-order valence-electron chi connectivity index (χ1n) is 6.71. The van der Waals surface area contributed by atoms with Gasteiger partial charge in [0.2, 0.25) is 0 Å². The SMILES string of the molecule is CC=O.CNc1ccc(N)c(NC)c1.Cc1nsc(N)c1C#N. The summed E-state index contributed by atoms with van der Waals surface area (Å²) in [5, 5.41) is 15.0. The minimum atomic E-state index is 0.509. The monoisotopic (exact) mass is 334 g/mol. The number of nitriles is 1. The summed E-state index contributed by atoms with van der Waals surface area (Å²) in [7, 11) is 3.73. The molecule has 8 heteroatoms. The number of benzene rings is 1. The number of carbonyl (C=O) groups is 1. The summed E-state index contributed by atoms with van der Waals surface area (Å²) in [6.07, 6.45) is 0.750. The largest absolute Gasteiger partial charge is 0.397 e. The Morgan fingerprint density at radius 3 is 2.26 bits per heavy atom. The van der Waals surface area contributed by atoms with Gasteiger partial charge < -0.3 is 26.9 Å². The van der Waals surface area contributed by atoms with Crippen molar-refractivity contribution >= 4 is 39.9 Å². The number of hydrogen-bond donors (Lipinski definition) is 4. The second-order valence-corrected chi connectivity index (χ2v) is 4.96. The minimum absolute atomic E-state index is 0.509. The van der Waals surface area contributed by atoms with Crippen LogP contribution in [0.2, 0.25) is 0 Å². The molecule has 6 N–H and O–H groups in total. The van der Waals surface area contributed by atoms with Gasteiger partial charge in [0.1, 0.15) is 22.9 Å². The zero-order valence-corrected chi connectivity index (χ0v) is 14.5. The first-order valence-corrected chi connectivity index (χ1v) is 7.49. The zero-order valence-electron chi connectivity index (χ0n) is 13.7. The van der Waals surface area contributed by atoms with Gasteiger partial charge in [0.15, 0.2) is 0 Å². The van der Waals surface area contributed by atoms with Crippen LogP contribution in [0.25, 0.3) is 0 Å². The van der Waals surface area contributed by atoms with E-state index in [1.165, 1.54) is 6.92 Å². The van der Waals surface area contributed by atoms with Crippen LogP contribution >= 0.6 is 11.5 Å². The maximum atomic E-state index is 8.81. The smallest absolute Gasteiger partial charge is 0.125 e. The van der Waals surface area contributed by atoms with E-state index in [-0.39, 0.29) is 0 Å². The van der Waals surface area contributed by atoms with Crippen molar-refractivity contribution in [3.05, 3.63) is 29.5 Å². The Kier molecular flexibility index (Phi) is 9.55. The molecule has 0 atom stereocenters. The normalized spacial score (nSPS) is 8.48. The molecule has 0 aliphatic heterocycles. The molecule has 1 aromatic heterocycles. The summed E-state index contributed by atoms with van der Waals surface area (Å²) < 4.78 is 3.88. The predicted octanol–water partition coefficient (Wildman–Crippen LogP) is 2.46. The molecule has 0 radical (unpaired) electrons. The molecule has 2 aromatic rings. The molecular formula is C15H22N6OS. The van der Waals surface area contributed by atoms with Crippen LogP contribution in [0.3, 0.4) is 0 Å².